The van der Waals surface area contributed by atoms with Crippen molar-refractivity contribution in [3.8, 4) is 0 Å². The van der Waals surface area contributed by atoms with Crippen LogP contribution in [-0.2, 0) is 6.42 Å². The SMILES string of the molecule is NC(=S)N(CCc1cccc2ccccc12)c1nccs1. The maximum absolute atomic E-state index is 5.83. The topological polar surface area (TPSA) is 42.1 Å². The Bertz CT molecular complexity index is 748. The summed E-state index contributed by atoms with van der Waals surface area (Å²) < 4.78 is 0. The van der Waals surface area contributed by atoms with Crippen molar-refractivity contribution >= 4 is 44.6 Å². The molecular weight excluding hydrogens is 298 g/mol. The monoisotopic (exact) mass is 313 g/mol. The van der Waals surface area contributed by atoms with E-state index in [9.17, 15) is 0 Å². The molecule has 0 aliphatic heterocycles. The summed E-state index contributed by atoms with van der Waals surface area (Å²) in [4.78, 5) is 6.18. The van der Waals surface area contributed by atoms with Gasteiger partial charge in [-0.25, -0.2) is 4.98 Å². The Morgan fingerprint density at radius 1 is 1.19 bits per heavy atom. The van der Waals surface area contributed by atoms with Gasteiger partial charge in [0.1, 0.15) is 0 Å². The van der Waals surface area contributed by atoms with Crippen LogP contribution in [0.25, 0.3) is 10.8 Å². The summed E-state index contributed by atoms with van der Waals surface area (Å²) in [7, 11) is 0. The Labute approximate surface area is 133 Å². The lowest BCUT2D eigenvalue weighted by molar-refractivity contribution is 0.936. The summed E-state index contributed by atoms with van der Waals surface area (Å²) >= 11 is 6.69. The summed E-state index contributed by atoms with van der Waals surface area (Å²) in [5, 5.41) is 5.68. The molecule has 5 heteroatoms. The first-order valence-electron chi connectivity index (χ1n) is 6.69. The lowest BCUT2D eigenvalue weighted by Gasteiger charge is -2.20. The number of nitrogens with zero attached hydrogens (tertiary/aromatic N) is 2. The molecule has 0 atom stereocenters. The molecule has 0 amide bonds. The summed E-state index contributed by atoms with van der Waals surface area (Å²) in [6.07, 6.45) is 2.64. The molecule has 3 aromatic rings. The van der Waals surface area contributed by atoms with Crippen LogP contribution in [0.3, 0.4) is 0 Å². The molecule has 106 valence electrons. The average molecular weight is 313 g/mol. The Balaban J connectivity index is 1.84. The Hall–Kier alpha value is -1.98. The van der Waals surface area contributed by atoms with Gasteiger partial charge in [-0.05, 0) is 35.0 Å². The normalized spacial score (nSPS) is 10.7. The molecule has 0 radical (unpaired) electrons. The quantitative estimate of drug-likeness (QED) is 0.748. The van der Waals surface area contributed by atoms with E-state index in [1.807, 2.05) is 10.3 Å². The minimum absolute atomic E-state index is 0.366. The minimum Gasteiger partial charge on any atom is -0.376 e. The molecule has 0 aliphatic carbocycles. The molecule has 0 saturated heterocycles. The number of hydrogen-bond acceptors (Lipinski definition) is 3. The van der Waals surface area contributed by atoms with Gasteiger partial charge < -0.3 is 5.73 Å². The van der Waals surface area contributed by atoms with Crippen molar-refractivity contribution in [2.75, 3.05) is 11.4 Å². The van der Waals surface area contributed by atoms with Crippen LogP contribution in [0.15, 0.2) is 54.0 Å². The van der Waals surface area contributed by atoms with Gasteiger partial charge >= 0.3 is 0 Å². The smallest absolute Gasteiger partial charge is 0.191 e. The van der Waals surface area contributed by atoms with Gasteiger partial charge in [0.2, 0.25) is 0 Å². The number of nitrogens with two attached hydrogens (primary N) is 1. The molecular formula is C16H15N3S2. The largest absolute Gasteiger partial charge is 0.376 e. The van der Waals surface area contributed by atoms with E-state index in [4.69, 9.17) is 18.0 Å². The zero-order valence-electron chi connectivity index (χ0n) is 11.4. The number of aromatic nitrogens is 1. The van der Waals surface area contributed by atoms with Gasteiger partial charge in [0.05, 0.1) is 0 Å². The van der Waals surface area contributed by atoms with E-state index in [2.05, 4.69) is 47.4 Å². The standard InChI is InChI=1S/C16H15N3S2/c17-15(20)19(16-18-9-11-21-16)10-8-13-6-3-5-12-4-1-2-7-14(12)13/h1-7,9,11H,8,10H2,(H2,17,20). The van der Waals surface area contributed by atoms with Gasteiger partial charge in [-0.1, -0.05) is 42.5 Å². The third-order valence-electron chi connectivity index (χ3n) is 3.40. The van der Waals surface area contributed by atoms with Crippen LogP contribution in [-0.4, -0.2) is 16.6 Å². The van der Waals surface area contributed by atoms with Crippen LogP contribution >= 0.6 is 23.6 Å². The molecule has 3 rings (SSSR count). The number of anilines is 1. The molecule has 1 aromatic heterocycles. The van der Waals surface area contributed by atoms with Gasteiger partial charge in [0.25, 0.3) is 0 Å². The average Bonchev–Trinajstić information content (AvgIpc) is 3.01. The minimum atomic E-state index is 0.366. The van der Waals surface area contributed by atoms with Crippen molar-refractivity contribution in [2.45, 2.75) is 6.42 Å². The van der Waals surface area contributed by atoms with Crippen molar-refractivity contribution < 1.29 is 0 Å². The first-order valence-corrected chi connectivity index (χ1v) is 7.97. The number of rotatable bonds is 4. The van der Waals surface area contributed by atoms with Crippen LogP contribution in [0, 0.1) is 0 Å². The fourth-order valence-corrected chi connectivity index (χ4v) is 3.31. The van der Waals surface area contributed by atoms with Crippen molar-refractivity contribution in [2.24, 2.45) is 5.73 Å². The van der Waals surface area contributed by atoms with E-state index in [-0.39, 0.29) is 0 Å². The zero-order valence-corrected chi connectivity index (χ0v) is 13.0. The van der Waals surface area contributed by atoms with Gasteiger partial charge in [0.15, 0.2) is 10.2 Å². The first-order chi connectivity index (χ1) is 10.3. The second-order valence-corrected chi connectivity index (χ2v) is 5.98. The summed E-state index contributed by atoms with van der Waals surface area (Å²) in [6.45, 7) is 0.733. The van der Waals surface area contributed by atoms with Crippen LogP contribution in [0.1, 0.15) is 5.56 Å². The van der Waals surface area contributed by atoms with Crippen LogP contribution in [0.5, 0.6) is 0 Å². The Kier molecular flexibility index (Phi) is 4.13. The van der Waals surface area contributed by atoms with Gasteiger partial charge in [-0.2, -0.15) is 0 Å². The van der Waals surface area contributed by atoms with E-state index in [0.717, 1.165) is 18.1 Å². The van der Waals surface area contributed by atoms with Gasteiger partial charge in [-0.15, -0.1) is 11.3 Å². The molecule has 0 bridgehead atoms. The third-order valence-corrected chi connectivity index (χ3v) is 4.42. The van der Waals surface area contributed by atoms with E-state index >= 15 is 0 Å². The predicted molar refractivity (Wildman–Crippen MR) is 93.9 cm³/mol. The Morgan fingerprint density at radius 3 is 2.76 bits per heavy atom. The van der Waals surface area contributed by atoms with Gasteiger partial charge in [0, 0.05) is 18.1 Å². The second kappa shape index (κ2) is 6.20. The Morgan fingerprint density at radius 2 is 2.00 bits per heavy atom. The molecule has 3 nitrogen and oxygen atoms in total. The van der Waals surface area contributed by atoms with E-state index < -0.39 is 0 Å². The fourth-order valence-electron chi connectivity index (χ4n) is 2.39. The third kappa shape index (κ3) is 3.04. The predicted octanol–water partition coefficient (Wildman–Crippen LogP) is 3.59. The first kappa shape index (κ1) is 14.0. The van der Waals surface area contributed by atoms with Crippen LogP contribution in [0.2, 0.25) is 0 Å². The maximum atomic E-state index is 5.83. The maximum Gasteiger partial charge on any atom is 0.191 e. The molecule has 0 unspecified atom stereocenters. The highest BCUT2D eigenvalue weighted by Gasteiger charge is 2.12. The second-order valence-electron chi connectivity index (χ2n) is 4.69. The summed E-state index contributed by atoms with van der Waals surface area (Å²) in [5.41, 5.74) is 7.13. The molecule has 0 spiro atoms. The molecule has 0 saturated carbocycles. The summed E-state index contributed by atoms with van der Waals surface area (Å²) in [6, 6.07) is 14.8. The number of benzene rings is 2. The number of fused-ring (bicyclic) bond motifs is 1. The highest BCUT2D eigenvalue weighted by Crippen LogP contribution is 2.21. The fraction of sp³-hybridized carbons (Fsp3) is 0.125. The number of thiocarbonyl (C=S) groups is 1. The molecule has 1 heterocycles. The zero-order chi connectivity index (χ0) is 14.7. The lowest BCUT2D eigenvalue weighted by atomic mass is 10.0. The van der Waals surface area contributed by atoms with E-state index in [1.54, 1.807) is 17.5 Å². The highest BCUT2D eigenvalue weighted by atomic mass is 32.1. The molecule has 21 heavy (non-hydrogen) atoms. The molecule has 0 aliphatic rings. The van der Waals surface area contributed by atoms with Gasteiger partial charge in [-0.3, -0.25) is 4.90 Å². The molecule has 2 aromatic carbocycles. The molecule has 0 fully saturated rings. The number of hydrogen-bond donors (Lipinski definition) is 1. The number of thiazole rings is 1. The van der Waals surface area contributed by atoms with Crippen molar-refractivity contribution in [1.82, 2.24) is 4.98 Å². The highest BCUT2D eigenvalue weighted by molar-refractivity contribution is 7.80. The van der Waals surface area contributed by atoms with E-state index in [1.165, 1.54) is 16.3 Å². The lowest BCUT2D eigenvalue weighted by Crippen LogP contribution is -2.37. The van der Waals surface area contributed by atoms with Crippen LogP contribution < -0.4 is 10.6 Å². The summed E-state index contributed by atoms with van der Waals surface area (Å²) in [5.74, 6) is 0. The van der Waals surface area contributed by atoms with Crippen molar-refractivity contribution in [3.05, 3.63) is 59.6 Å². The van der Waals surface area contributed by atoms with Crippen molar-refractivity contribution in [3.63, 3.8) is 0 Å². The molecule has 2 N–H and O–H groups in total. The van der Waals surface area contributed by atoms with Crippen LogP contribution in [0.4, 0.5) is 5.13 Å². The van der Waals surface area contributed by atoms with Crippen molar-refractivity contribution in [1.29, 1.82) is 0 Å². The van der Waals surface area contributed by atoms with E-state index in [0.29, 0.717) is 5.11 Å².